The summed E-state index contributed by atoms with van der Waals surface area (Å²) in [6, 6.07) is 18.9. The number of aliphatic hydroxyl groups is 1. The summed E-state index contributed by atoms with van der Waals surface area (Å²) in [4.78, 5) is 10.9. The standard InChI is InChI=1S/C17H19NO3/c19-12-15(11-16(20)21)18-17(13-7-3-1-4-8-13)14-9-5-2-6-10-14/h1-10,15,17-19H,11-12H2,(H,20,21). The minimum absolute atomic E-state index is 0.118. The van der Waals surface area contributed by atoms with E-state index < -0.39 is 12.0 Å². The van der Waals surface area contributed by atoms with Crippen molar-refractivity contribution in [3.05, 3.63) is 71.8 Å². The Morgan fingerprint density at radius 3 is 1.81 bits per heavy atom. The van der Waals surface area contributed by atoms with Gasteiger partial charge in [-0.25, -0.2) is 0 Å². The minimum Gasteiger partial charge on any atom is -0.481 e. The van der Waals surface area contributed by atoms with Crippen molar-refractivity contribution in [2.75, 3.05) is 6.61 Å². The zero-order valence-electron chi connectivity index (χ0n) is 11.6. The average molecular weight is 285 g/mol. The molecule has 0 saturated carbocycles. The second-order valence-electron chi connectivity index (χ2n) is 4.90. The van der Waals surface area contributed by atoms with Crippen LogP contribution in [0, 0.1) is 0 Å². The Morgan fingerprint density at radius 1 is 0.952 bits per heavy atom. The van der Waals surface area contributed by atoms with Crippen molar-refractivity contribution in [3.8, 4) is 0 Å². The van der Waals surface area contributed by atoms with Crippen molar-refractivity contribution >= 4 is 5.97 Å². The molecule has 0 saturated heterocycles. The number of carboxylic acid groups (broad SMARTS) is 1. The van der Waals surface area contributed by atoms with Crippen LogP contribution in [0.25, 0.3) is 0 Å². The molecule has 0 aliphatic rings. The van der Waals surface area contributed by atoms with Gasteiger partial charge in [-0.3, -0.25) is 4.79 Å². The van der Waals surface area contributed by atoms with Crippen LogP contribution >= 0.6 is 0 Å². The Balaban J connectivity index is 2.26. The molecular weight excluding hydrogens is 266 g/mol. The third-order valence-corrected chi connectivity index (χ3v) is 3.31. The molecule has 110 valence electrons. The Hall–Kier alpha value is -2.17. The normalized spacial score (nSPS) is 12.3. The lowest BCUT2D eigenvalue weighted by atomic mass is 9.97. The average Bonchev–Trinajstić information content (AvgIpc) is 2.52. The van der Waals surface area contributed by atoms with Gasteiger partial charge in [0.2, 0.25) is 0 Å². The number of nitrogens with one attached hydrogen (secondary N) is 1. The first-order valence-corrected chi connectivity index (χ1v) is 6.89. The van der Waals surface area contributed by atoms with Crippen molar-refractivity contribution in [2.45, 2.75) is 18.5 Å². The molecule has 4 heteroatoms. The van der Waals surface area contributed by atoms with E-state index in [4.69, 9.17) is 5.11 Å². The fourth-order valence-corrected chi connectivity index (χ4v) is 2.30. The summed E-state index contributed by atoms with van der Waals surface area (Å²) >= 11 is 0. The van der Waals surface area contributed by atoms with Gasteiger partial charge < -0.3 is 15.5 Å². The summed E-state index contributed by atoms with van der Waals surface area (Å²) in [6.07, 6.45) is -0.118. The molecule has 2 rings (SSSR count). The molecule has 0 fully saturated rings. The summed E-state index contributed by atoms with van der Waals surface area (Å²) in [6.45, 7) is -0.220. The predicted octanol–water partition coefficient (Wildman–Crippen LogP) is 2.20. The van der Waals surface area contributed by atoms with Crippen molar-refractivity contribution in [1.82, 2.24) is 5.32 Å². The maximum absolute atomic E-state index is 10.9. The second kappa shape index (κ2) is 7.57. The molecule has 0 aliphatic heterocycles. The highest BCUT2D eigenvalue weighted by molar-refractivity contribution is 5.67. The zero-order chi connectivity index (χ0) is 15.1. The predicted molar refractivity (Wildman–Crippen MR) is 81.0 cm³/mol. The van der Waals surface area contributed by atoms with Crippen molar-refractivity contribution < 1.29 is 15.0 Å². The molecular formula is C17H19NO3. The molecule has 0 aromatic heterocycles. The Kier molecular flexibility index (Phi) is 5.49. The van der Waals surface area contributed by atoms with Crippen LogP contribution in [0.1, 0.15) is 23.6 Å². The molecule has 0 amide bonds. The minimum atomic E-state index is -0.929. The molecule has 1 atom stereocenters. The third kappa shape index (κ3) is 4.41. The fourth-order valence-electron chi connectivity index (χ4n) is 2.30. The van der Waals surface area contributed by atoms with Crippen LogP contribution in [0.5, 0.6) is 0 Å². The van der Waals surface area contributed by atoms with Gasteiger partial charge in [0.05, 0.1) is 19.1 Å². The number of carbonyl (C=O) groups is 1. The van der Waals surface area contributed by atoms with Gasteiger partial charge >= 0.3 is 5.97 Å². The van der Waals surface area contributed by atoms with Gasteiger partial charge in [0.1, 0.15) is 0 Å². The molecule has 0 aliphatic carbocycles. The number of rotatable bonds is 7. The fraction of sp³-hybridized carbons (Fsp3) is 0.235. The van der Waals surface area contributed by atoms with Crippen molar-refractivity contribution in [2.24, 2.45) is 0 Å². The van der Waals surface area contributed by atoms with Crippen molar-refractivity contribution in [1.29, 1.82) is 0 Å². The van der Waals surface area contributed by atoms with Crippen LogP contribution in [0.4, 0.5) is 0 Å². The maximum atomic E-state index is 10.9. The van der Waals surface area contributed by atoms with Crippen LogP contribution in [-0.2, 0) is 4.79 Å². The molecule has 21 heavy (non-hydrogen) atoms. The van der Waals surface area contributed by atoms with Gasteiger partial charge in [0.15, 0.2) is 0 Å². The van der Waals surface area contributed by atoms with E-state index in [1.165, 1.54) is 0 Å². The molecule has 1 unspecified atom stereocenters. The van der Waals surface area contributed by atoms with E-state index in [1.807, 2.05) is 60.7 Å². The van der Waals surface area contributed by atoms with E-state index >= 15 is 0 Å². The number of aliphatic carboxylic acids is 1. The number of hydrogen-bond donors (Lipinski definition) is 3. The molecule has 0 heterocycles. The molecule has 0 bridgehead atoms. The van der Waals surface area contributed by atoms with Gasteiger partial charge in [-0.1, -0.05) is 60.7 Å². The number of benzene rings is 2. The maximum Gasteiger partial charge on any atom is 0.305 e. The summed E-state index contributed by atoms with van der Waals surface area (Å²) in [7, 11) is 0. The molecule has 0 radical (unpaired) electrons. The van der Waals surface area contributed by atoms with E-state index in [2.05, 4.69) is 5.32 Å². The zero-order valence-corrected chi connectivity index (χ0v) is 11.6. The quantitative estimate of drug-likeness (QED) is 0.729. The van der Waals surface area contributed by atoms with Gasteiger partial charge in [0, 0.05) is 6.04 Å². The molecule has 4 nitrogen and oxygen atoms in total. The van der Waals surface area contributed by atoms with Gasteiger partial charge in [-0.05, 0) is 11.1 Å². The van der Waals surface area contributed by atoms with Gasteiger partial charge in [-0.2, -0.15) is 0 Å². The van der Waals surface area contributed by atoms with Crippen LogP contribution in [0.3, 0.4) is 0 Å². The highest BCUT2D eigenvalue weighted by Crippen LogP contribution is 2.22. The smallest absolute Gasteiger partial charge is 0.305 e. The first-order chi connectivity index (χ1) is 10.2. The highest BCUT2D eigenvalue weighted by atomic mass is 16.4. The largest absolute Gasteiger partial charge is 0.481 e. The summed E-state index contributed by atoms with van der Waals surface area (Å²) in [5, 5.41) is 21.5. The van der Waals surface area contributed by atoms with Gasteiger partial charge in [0.25, 0.3) is 0 Å². The topological polar surface area (TPSA) is 69.6 Å². The first kappa shape index (κ1) is 15.2. The lowest BCUT2D eigenvalue weighted by Crippen LogP contribution is -2.37. The van der Waals surface area contributed by atoms with E-state index in [0.717, 1.165) is 11.1 Å². The monoisotopic (exact) mass is 285 g/mol. The van der Waals surface area contributed by atoms with Crippen molar-refractivity contribution in [3.63, 3.8) is 0 Å². The number of hydrogen-bond acceptors (Lipinski definition) is 3. The Morgan fingerprint density at radius 2 is 1.43 bits per heavy atom. The van der Waals surface area contributed by atoms with E-state index in [0.29, 0.717) is 0 Å². The van der Waals surface area contributed by atoms with E-state index in [9.17, 15) is 9.90 Å². The Labute approximate surface area is 124 Å². The van der Waals surface area contributed by atoms with Crippen LogP contribution < -0.4 is 5.32 Å². The molecule has 0 spiro atoms. The third-order valence-electron chi connectivity index (χ3n) is 3.31. The molecule has 3 N–H and O–H groups in total. The molecule has 2 aromatic rings. The number of carboxylic acids is 1. The van der Waals surface area contributed by atoms with E-state index in [1.54, 1.807) is 0 Å². The summed E-state index contributed by atoms with van der Waals surface area (Å²) < 4.78 is 0. The van der Waals surface area contributed by atoms with Crippen LogP contribution in [0.15, 0.2) is 60.7 Å². The first-order valence-electron chi connectivity index (χ1n) is 6.89. The second-order valence-corrected chi connectivity index (χ2v) is 4.90. The highest BCUT2D eigenvalue weighted by Gasteiger charge is 2.20. The van der Waals surface area contributed by atoms with Gasteiger partial charge in [-0.15, -0.1) is 0 Å². The van der Waals surface area contributed by atoms with Crippen LogP contribution in [0.2, 0.25) is 0 Å². The Bertz CT molecular complexity index is 517. The SMILES string of the molecule is O=C(O)CC(CO)NC(c1ccccc1)c1ccccc1. The van der Waals surface area contributed by atoms with Crippen LogP contribution in [-0.4, -0.2) is 28.8 Å². The lowest BCUT2D eigenvalue weighted by Gasteiger charge is -2.24. The number of aliphatic hydroxyl groups excluding tert-OH is 1. The molecule has 2 aromatic carbocycles. The lowest BCUT2D eigenvalue weighted by molar-refractivity contribution is -0.137. The summed E-state index contributed by atoms with van der Waals surface area (Å²) in [5.74, 6) is -0.929. The summed E-state index contributed by atoms with van der Waals surface area (Å²) in [5.41, 5.74) is 2.07. The van der Waals surface area contributed by atoms with E-state index in [-0.39, 0.29) is 19.1 Å².